The van der Waals surface area contributed by atoms with E-state index in [-0.39, 0.29) is 16.8 Å². The van der Waals surface area contributed by atoms with Crippen molar-refractivity contribution in [1.82, 2.24) is 0 Å². The number of hydrogen-bond acceptors (Lipinski definition) is 5. The molecule has 7 heteroatoms. The number of carbonyl (C=O) groups is 2. The number of carboxylic acid groups (broad SMARTS) is 2. The summed E-state index contributed by atoms with van der Waals surface area (Å²) in [7, 11) is 3.87. The molecule has 7 nitrogen and oxygen atoms in total. The van der Waals surface area contributed by atoms with E-state index in [1.807, 2.05) is 49.3 Å². The Kier molecular flexibility index (Phi) is 4.85. The summed E-state index contributed by atoms with van der Waals surface area (Å²) in [4.78, 5) is 24.9. The second kappa shape index (κ2) is 7.25. The van der Waals surface area contributed by atoms with Crippen molar-refractivity contribution in [3.8, 4) is 0 Å². The zero-order chi connectivity index (χ0) is 19.6. The van der Waals surface area contributed by atoms with Gasteiger partial charge in [-0.05, 0) is 24.3 Å². The van der Waals surface area contributed by atoms with Crippen LogP contribution in [0.1, 0.15) is 20.7 Å². The molecule has 0 saturated carbocycles. The molecule has 136 valence electrons. The van der Waals surface area contributed by atoms with Crippen LogP contribution < -0.4 is 4.90 Å². The SMILES string of the molecule is CN(C)c1cccc2c(N=Nc3c(C(=O)O)cccc3C(=O)O)cccc12. The average molecular weight is 363 g/mol. The van der Waals surface area contributed by atoms with Gasteiger partial charge in [-0.3, -0.25) is 0 Å². The monoisotopic (exact) mass is 363 g/mol. The number of fused-ring (bicyclic) bond motifs is 1. The first kappa shape index (κ1) is 18.1. The van der Waals surface area contributed by atoms with Crippen LogP contribution in [-0.2, 0) is 0 Å². The van der Waals surface area contributed by atoms with Crippen LogP contribution in [0, 0.1) is 0 Å². The van der Waals surface area contributed by atoms with Gasteiger partial charge in [-0.2, -0.15) is 0 Å². The van der Waals surface area contributed by atoms with Crippen molar-refractivity contribution in [1.29, 1.82) is 0 Å². The fourth-order valence-corrected chi connectivity index (χ4v) is 2.85. The van der Waals surface area contributed by atoms with E-state index in [0.29, 0.717) is 5.69 Å². The lowest BCUT2D eigenvalue weighted by Crippen LogP contribution is -2.08. The fourth-order valence-electron chi connectivity index (χ4n) is 2.85. The Bertz CT molecular complexity index is 1040. The fraction of sp³-hybridized carbons (Fsp3) is 0.100. The minimum absolute atomic E-state index is 0.182. The highest BCUT2D eigenvalue weighted by atomic mass is 16.4. The van der Waals surface area contributed by atoms with E-state index >= 15 is 0 Å². The number of rotatable bonds is 5. The number of anilines is 1. The largest absolute Gasteiger partial charge is 0.478 e. The number of aromatic carboxylic acids is 2. The van der Waals surface area contributed by atoms with Crippen molar-refractivity contribution < 1.29 is 19.8 Å². The Morgan fingerprint density at radius 2 is 1.33 bits per heavy atom. The van der Waals surface area contributed by atoms with Crippen molar-refractivity contribution in [2.45, 2.75) is 0 Å². The van der Waals surface area contributed by atoms with Gasteiger partial charge in [-0.1, -0.05) is 30.3 Å². The third-order valence-electron chi connectivity index (χ3n) is 4.11. The summed E-state index contributed by atoms with van der Waals surface area (Å²) in [6.45, 7) is 0. The van der Waals surface area contributed by atoms with E-state index in [1.54, 1.807) is 6.07 Å². The van der Waals surface area contributed by atoms with Crippen LogP contribution in [-0.4, -0.2) is 36.2 Å². The normalized spacial score (nSPS) is 11.0. The molecule has 0 aromatic heterocycles. The van der Waals surface area contributed by atoms with Crippen molar-refractivity contribution in [3.63, 3.8) is 0 Å². The van der Waals surface area contributed by atoms with Gasteiger partial charge >= 0.3 is 11.9 Å². The highest BCUT2D eigenvalue weighted by Crippen LogP contribution is 2.34. The lowest BCUT2D eigenvalue weighted by Gasteiger charge is -2.15. The molecular formula is C20H17N3O4. The maximum atomic E-state index is 11.4. The van der Waals surface area contributed by atoms with Crippen LogP contribution in [0.5, 0.6) is 0 Å². The molecule has 0 unspecified atom stereocenters. The van der Waals surface area contributed by atoms with Crippen LogP contribution in [0.4, 0.5) is 17.1 Å². The van der Waals surface area contributed by atoms with Crippen LogP contribution in [0.2, 0.25) is 0 Å². The molecule has 0 radical (unpaired) electrons. The summed E-state index contributed by atoms with van der Waals surface area (Å²) in [5, 5.41) is 28.6. The van der Waals surface area contributed by atoms with Gasteiger partial charge in [-0.25, -0.2) is 9.59 Å². The van der Waals surface area contributed by atoms with Crippen LogP contribution in [0.3, 0.4) is 0 Å². The second-order valence-electron chi connectivity index (χ2n) is 6.06. The van der Waals surface area contributed by atoms with Crippen molar-refractivity contribution in [3.05, 3.63) is 65.7 Å². The molecular weight excluding hydrogens is 346 g/mol. The maximum absolute atomic E-state index is 11.4. The molecule has 0 fully saturated rings. The standard InChI is InChI=1S/C20H17N3O4/c1-23(2)17-11-5-6-12-13(17)7-4-10-16(12)21-22-18-14(19(24)25)8-3-9-15(18)20(26)27/h3-11H,1-2H3,(H,24,25)(H,26,27). The molecule has 0 aliphatic carbocycles. The Hall–Kier alpha value is -3.74. The quantitative estimate of drug-likeness (QED) is 0.639. The van der Waals surface area contributed by atoms with Gasteiger partial charge in [0, 0.05) is 30.6 Å². The second-order valence-corrected chi connectivity index (χ2v) is 6.06. The average Bonchev–Trinajstić information content (AvgIpc) is 2.65. The number of hydrogen-bond donors (Lipinski definition) is 2. The molecule has 0 atom stereocenters. The Labute approximate surface area is 155 Å². The number of nitrogens with zero attached hydrogens (tertiary/aromatic N) is 3. The summed E-state index contributed by atoms with van der Waals surface area (Å²) in [5.74, 6) is -2.53. The molecule has 2 N–H and O–H groups in total. The molecule has 0 heterocycles. The third-order valence-corrected chi connectivity index (χ3v) is 4.11. The zero-order valence-corrected chi connectivity index (χ0v) is 14.7. The molecule has 27 heavy (non-hydrogen) atoms. The van der Waals surface area contributed by atoms with Crippen molar-refractivity contribution in [2.24, 2.45) is 10.2 Å². The predicted molar refractivity (Wildman–Crippen MR) is 103 cm³/mol. The van der Waals surface area contributed by atoms with Crippen molar-refractivity contribution in [2.75, 3.05) is 19.0 Å². The molecule has 3 aromatic rings. The zero-order valence-electron chi connectivity index (χ0n) is 14.7. The van der Waals surface area contributed by atoms with Gasteiger partial charge in [0.05, 0.1) is 16.8 Å². The summed E-state index contributed by atoms with van der Waals surface area (Å²) in [5.41, 5.74) is 0.911. The summed E-state index contributed by atoms with van der Waals surface area (Å²) >= 11 is 0. The predicted octanol–water partition coefficient (Wildman–Crippen LogP) is 4.72. The first-order chi connectivity index (χ1) is 12.9. The topological polar surface area (TPSA) is 103 Å². The molecule has 0 aliphatic heterocycles. The minimum atomic E-state index is -1.26. The first-order valence-electron chi connectivity index (χ1n) is 8.10. The van der Waals surface area contributed by atoms with E-state index in [0.717, 1.165) is 16.5 Å². The van der Waals surface area contributed by atoms with Gasteiger partial charge < -0.3 is 15.1 Å². The molecule has 0 saturated heterocycles. The molecule has 3 aromatic carbocycles. The maximum Gasteiger partial charge on any atom is 0.337 e. The van der Waals surface area contributed by atoms with Crippen LogP contribution in [0.15, 0.2) is 64.8 Å². The Balaban J connectivity index is 2.17. The van der Waals surface area contributed by atoms with Gasteiger partial charge in [0.1, 0.15) is 5.69 Å². The minimum Gasteiger partial charge on any atom is -0.478 e. The highest BCUT2D eigenvalue weighted by molar-refractivity contribution is 6.02. The number of benzene rings is 3. The number of azo groups is 1. The van der Waals surface area contributed by atoms with E-state index in [4.69, 9.17) is 0 Å². The molecule has 3 rings (SSSR count). The lowest BCUT2D eigenvalue weighted by molar-refractivity contribution is 0.0696. The van der Waals surface area contributed by atoms with E-state index in [2.05, 4.69) is 10.2 Å². The Morgan fingerprint density at radius 3 is 1.93 bits per heavy atom. The van der Waals surface area contributed by atoms with Gasteiger partial charge in [0.25, 0.3) is 0 Å². The van der Waals surface area contributed by atoms with Gasteiger partial charge in [0.2, 0.25) is 0 Å². The molecule has 0 bridgehead atoms. The van der Waals surface area contributed by atoms with Crippen molar-refractivity contribution >= 4 is 39.8 Å². The van der Waals surface area contributed by atoms with Gasteiger partial charge in [0.15, 0.2) is 0 Å². The molecule has 0 aliphatic rings. The summed E-state index contributed by atoms with van der Waals surface area (Å²) < 4.78 is 0. The number of carboxylic acids is 2. The van der Waals surface area contributed by atoms with Gasteiger partial charge in [-0.15, -0.1) is 10.2 Å². The van der Waals surface area contributed by atoms with E-state index < -0.39 is 11.9 Å². The lowest BCUT2D eigenvalue weighted by atomic mass is 10.1. The van der Waals surface area contributed by atoms with E-state index in [1.165, 1.54) is 18.2 Å². The third kappa shape index (κ3) is 3.48. The van der Waals surface area contributed by atoms with Crippen LogP contribution >= 0.6 is 0 Å². The smallest absolute Gasteiger partial charge is 0.337 e. The first-order valence-corrected chi connectivity index (χ1v) is 8.10. The Morgan fingerprint density at radius 1 is 0.778 bits per heavy atom. The highest BCUT2D eigenvalue weighted by Gasteiger charge is 2.18. The summed E-state index contributed by atoms with van der Waals surface area (Å²) in [6, 6.07) is 15.3. The molecule has 0 amide bonds. The van der Waals surface area contributed by atoms with Crippen LogP contribution in [0.25, 0.3) is 10.8 Å². The molecule has 0 spiro atoms. The van der Waals surface area contributed by atoms with E-state index in [9.17, 15) is 19.8 Å². The summed E-state index contributed by atoms with van der Waals surface area (Å²) in [6.07, 6.45) is 0.